The lowest BCUT2D eigenvalue weighted by Crippen LogP contribution is -2.49. The average Bonchev–Trinajstić information content (AvgIpc) is 2.58. The topological polar surface area (TPSA) is 75.7 Å². The van der Waals surface area contributed by atoms with Gasteiger partial charge in [0.2, 0.25) is 10.0 Å². The highest BCUT2D eigenvalue weighted by Gasteiger charge is 2.38. The Balaban J connectivity index is 2.24. The van der Waals surface area contributed by atoms with Crippen LogP contribution in [-0.2, 0) is 20.9 Å². The van der Waals surface area contributed by atoms with Crippen LogP contribution in [0.15, 0.2) is 23.1 Å². The van der Waals surface area contributed by atoms with Gasteiger partial charge in [0.15, 0.2) is 0 Å². The summed E-state index contributed by atoms with van der Waals surface area (Å²) in [5.74, 6) is -1.54. The molecule has 164 valence electrons. The van der Waals surface area contributed by atoms with Crippen molar-refractivity contribution in [2.24, 2.45) is 0 Å². The van der Waals surface area contributed by atoms with E-state index in [-0.39, 0.29) is 13.1 Å². The second kappa shape index (κ2) is 8.47. The van der Waals surface area contributed by atoms with E-state index >= 15 is 0 Å². The standard InChI is InChI=1S/C18H24F4N2O4S/c1-17(2,3)28-16(25)23-11-12-6-4-5-9-24(12)29(26,27)13-7-8-15(19)14(10-13)18(20,21)22/h7-8,10,12H,4-6,9,11H2,1-3H3,(H,23,25). The first-order valence-electron chi connectivity index (χ1n) is 9.07. The second-order valence-electron chi connectivity index (χ2n) is 7.79. The minimum Gasteiger partial charge on any atom is -0.444 e. The van der Waals surface area contributed by atoms with Crippen LogP contribution in [0.25, 0.3) is 0 Å². The highest BCUT2D eigenvalue weighted by atomic mass is 32.2. The molecule has 6 nitrogen and oxygen atoms in total. The zero-order valence-corrected chi connectivity index (χ0v) is 17.2. The van der Waals surface area contributed by atoms with Gasteiger partial charge in [0.25, 0.3) is 0 Å². The van der Waals surface area contributed by atoms with Crippen molar-refractivity contribution < 1.29 is 35.5 Å². The van der Waals surface area contributed by atoms with Gasteiger partial charge in [-0.3, -0.25) is 0 Å². The molecule has 11 heteroatoms. The molecule has 1 amide bonds. The Morgan fingerprint density at radius 1 is 1.24 bits per heavy atom. The minimum absolute atomic E-state index is 0.0541. The molecule has 29 heavy (non-hydrogen) atoms. The third-order valence-electron chi connectivity index (χ3n) is 4.30. The van der Waals surface area contributed by atoms with Crippen LogP contribution in [0, 0.1) is 5.82 Å². The van der Waals surface area contributed by atoms with Crippen LogP contribution in [0.2, 0.25) is 0 Å². The number of hydrogen-bond acceptors (Lipinski definition) is 4. The molecule has 1 aromatic rings. The molecule has 0 aromatic heterocycles. The number of sulfonamides is 1. The van der Waals surface area contributed by atoms with Crippen LogP contribution in [0.1, 0.15) is 45.6 Å². The van der Waals surface area contributed by atoms with Gasteiger partial charge in [0.1, 0.15) is 11.4 Å². The number of benzene rings is 1. The number of carbonyl (C=O) groups is 1. The summed E-state index contributed by atoms with van der Waals surface area (Å²) in [5.41, 5.74) is -2.37. The average molecular weight is 440 g/mol. The Morgan fingerprint density at radius 2 is 1.90 bits per heavy atom. The van der Waals surface area contributed by atoms with Crippen LogP contribution in [0.5, 0.6) is 0 Å². The van der Waals surface area contributed by atoms with Gasteiger partial charge in [-0.25, -0.2) is 17.6 Å². The van der Waals surface area contributed by atoms with E-state index in [0.717, 1.165) is 10.4 Å². The Kier molecular flexibility index (Phi) is 6.83. The third kappa shape index (κ3) is 6.05. The van der Waals surface area contributed by atoms with Gasteiger partial charge in [-0.15, -0.1) is 0 Å². The van der Waals surface area contributed by atoms with Crippen LogP contribution >= 0.6 is 0 Å². The summed E-state index contributed by atoms with van der Waals surface area (Å²) < 4.78 is 84.5. The molecule has 0 aliphatic carbocycles. The number of ether oxygens (including phenoxy) is 1. The molecule has 1 atom stereocenters. The molecule has 1 unspecified atom stereocenters. The molecule has 1 aromatic carbocycles. The maximum absolute atomic E-state index is 13.5. The number of piperidine rings is 1. The first kappa shape index (κ1) is 23.4. The van der Waals surface area contributed by atoms with E-state index in [9.17, 15) is 30.8 Å². The Labute approximate surface area is 167 Å². The minimum atomic E-state index is -5.02. The van der Waals surface area contributed by atoms with Gasteiger partial charge < -0.3 is 10.1 Å². The lowest BCUT2D eigenvalue weighted by Gasteiger charge is -2.35. The summed E-state index contributed by atoms with van der Waals surface area (Å²) in [6.45, 7) is 5.06. The first-order chi connectivity index (χ1) is 13.2. The van der Waals surface area contributed by atoms with Crippen LogP contribution < -0.4 is 5.32 Å². The Morgan fingerprint density at radius 3 is 2.48 bits per heavy atom. The number of hydrogen-bond donors (Lipinski definition) is 1. The molecule has 1 fully saturated rings. The van der Waals surface area contributed by atoms with E-state index in [0.29, 0.717) is 31.4 Å². The summed E-state index contributed by atoms with van der Waals surface area (Å²) in [6.07, 6.45) is -4.10. The number of amides is 1. The summed E-state index contributed by atoms with van der Waals surface area (Å²) in [7, 11) is -4.32. The normalized spacial score (nSPS) is 19.1. The molecule has 1 heterocycles. The van der Waals surface area contributed by atoms with Crippen LogP contribution in [0.4, 0.5) is 22.4 Å². The SMILES string of the molecule is CC(C)(C)OC(=O)NCC1CCCCN1S(=O)(=O)c1ccc(F)c(C(F)(F)F)c1. The van der Waals surface area contributed by atoms with E-state index in [4.69, 9.17) is 4.74 Å². The Bertz CT molecular complexity index is 850. The van der Waals surface area contributed by atoms with Crippen molar-refractivity contribution in [3.05, 3.63) is 29.6 Å². The largest absolute Gasteiger partial charge is 0.444 e. The van der Waals surface area contributed by atoms with E-state index in [2.05, 4.69) is 5.32 Å². The summed E-state index contributed by atoms with van der Waals surface area (Å²) in [4.78, 5) is 11.2. The van der Waals surface area contributed by atoms with E-state index in [1.807, 2.05) is 0 Å². The number of carbonyl (C=O) groups excluding carboxylic acids is 1. The maximum atomic E-state index is 13.5. The van der Waals surface area contributed by atoms with Gasteiger partial charge in [0.05, 0.1) is 10.5 Å². The molecule has 1 N–H and O–H groups in total. The van der Waals surface area contributed by atoms with Gasteiger partial charge in [-0.2, -0.15) is 17.5 Å². The lowest BCUT2D eigenvalue weighted by molar-refractivity contribution is -0.140. The quantitative estimate of drug-likeness (QED) is 0.721. The van der Waals surface area contributed by atoms with Crippen molar-refractivity contribution in [1.82, 2.24) is 9.62 Å². The van der Waals surface area contributed by atoms with Crippen molar-refractivity contribution in [2.45, 2.75) is 62.7 Å². The lowest BCUT2D eigenvalue weighted by atomic mass is 10.1. The molecule has 0 radical (unpaired) electrons. The van der Waals surface area contributed by atoms with Crippen molar-refractivity contribution >= 4 is 16.1 Å². The summed E-state index contributed by atoms with van der Waals surface area (Å²) >= 11 is 0. The predicted octanol–water partition coefficient (Wildman–Crippen LogP) is 3.91. The zero-order chi connectivity index (χ0) is 22.0. The first-order valence-corrected chi connectivity index (χ1v) is 10.5. The summed E-state index contributed by atoms with van der Waals surface area (Å²) in [5, 5.41) is 2.50. The fraction of sp³-hybridized carbons (Fsp3) is 0.611. The second-order valence-corrected chi connectivity index (χ2v) is 9.68. The van der Waals surface area contributed by atoms with Crippen molar-refractivity contribution in [3.63, 3.8) is 0 Å². The van der Waals surface area contributed by atoms with Gasteiger partial charge in [-0.1, -0.05) is 6.42 Å². The summed E-state index contributed by atoms with van der Waals surface area (Å²) in [6, 6.07) is 0.957. The molecular weight excluding hydrogens is 416 g/mol. The van der Waals surface area contributed by atoms with Crippen molar-refractivity contribution in [2.75, 3.05) is 13.1 Å². The molecule has 2 rings (SSSR count). The number of rotatable bonds is 4. The van der Waals surface area contributed by atoms with Crippen LogP contribution in [-0.4, -0.2) is 43.5 Å². The molecule has 0 bridgehead atoms. The third-order valence-corrected chi connectivity index (χ3v) is 6.25. The van der Waals surface area contributed by atoms with Gasteiger partial charge in [0, 0.05) is 19.1 Å². The number of nitrogens with one attached hydrogen (secondary N) is 1. The fourth-order valence-electron chi connectivity index (χ4n) is 3.03. The zero-order valence-electron chi connectivity index (χ0n) is 16.3. The van der Waals surface area contributed by atoms with E-state index < -0.39 is 50.2 Å². The van der Waals surface area contributed by atoms with E-state index in [1.165, 1.54) is 0 Å². The fourth-order valence-corrected chi connectivity index (χ4v) is 4.75. The van der Waals surface area contributed by atoms with Gasteiger partial charge >= 0.3 is 12.3 Å². The highest BCUT2D eigenvalue weighted by molar-refractivity contribution is 7.89. The molecule has 1 aliphatic heterocycles. The molecule has 0 spiro atoms. The number of halogens is 4. The molecule has 1 saturated heterocycles. The van der Waals surface area contributed by atoms with E-state index in [1.54, 1.807) is 20.8 Å². The number of nitrogens with zero attached hydrogens (tertiary/aromatic N) is 1. The number of alkyl halides is 3. The van der Waals surface area contributed by atoms with Crippen molar-refractivity contribution in [1.29, 1.82) is 0 Å². The smallest absolute Gasteiger partial charge is 0.419 e. The predicted molar refractivity (Wildman–Crippen MR) is 97.2 cm³/mol. The van der Waals surface area contributed by atoms with Crippen LogP contribution in [0.3, 0.4) is 0 Å². The molecule has 1 aliphatic rings. The number of alkyl carbamates (subject to hydrolysis) is 1. The maximum Gasteiger partial charge on any atom is 0.419 e. The Hall–Kier alpha value is -1.88. The monoisotopic (exact) mass is 440 g/mol. The highest BCUT2D eigenvalue weighted by Crippen LogP contribution is 2.34. The van der Waals surface area contributed by atoms with Crippen molar-refractivity contribution in [3.8, 4) is 0 Å². The molecule has 0 saturated carbocycles. The molecular formula is C18H24F4N2O4S. The van der Waals surface area contributed by atoms with Gasteiger partial charge in [-0.05, 0) is 51.8 Å².